The van der Waals surface area contributed by atoms with Crippen LogP contribution in [-0.4, -0.2) is 33.5 Å². The second kappa shape index (κ2) is 7.55. The molecule has 2 aromatic heterocycles. The zero-order chi connectivity index (χ0) is 18.8. The van der Waals surface area contributed by atoms with Crippen LogP contribution < -0.4 is 4.80 Å². The van der Waals surface area contributed by atoms with Crippen LogP contribution >= 0.6 is 11.3 Å². The average molecular weight is 372 g/mol. The van der Waals surface area contributed by atoms with E-state index in [1.165, 1.54) is 22.5 Å². The molecule has 138 valence electrons. The Kier molecular flexibility index (Phi) is 5.38. The van der Waals surface area contributed by atoms with Gasteiger partial charge in [0.1, 0.15) is 5.69 Å². The van der Waals surface area contributed by atoms with Gasteiger partial charge in [0.15, 0.2) is 4.80 Å². The van der Waals surface area contributed by atoms with Crippen molar-refractivity contribution in [2.24, 2.45) is 12.0 Å². The Hall–Kier alpha value is -2.25. The van der Waals surface area contributed by atoms with Gasteiger partial charge in [-0.05, 0) is 51.0 Å². The minimum Gasteiger partial charge on any atom is -0.380 e. The van der Waals surface area contributed by atoms with Gasteiger partial charge in [-0.25, -0.2) is 0 Å². The summed E-state index contributed by atoms with van der Waals surface area (Å²) in [5.41, 5.74) is 4.89. The molecule has 0 bridgehead atoms. The summed E-state index contributed by atoms with van der Waals surface area (Å²) >= 11 is 1.53. The van der Waals surface area contributed by atoms with Crippen LogP contribution in [0.25, 0.3) is 10.2 Å². The number of carbonyl (C=O) groups excluding carboxylic acids is 1. The van der Waals surface area contributed by atoms with Crippen molar-refractivity contribution in [3.63, 3.8) is 0 Å². The van der Waals surface area contributed by atoms with Gasteiger partial charge in [0, 0.05) is 25.8 Å². The fraction of sp³-hybridized carbons (Fsp3) is 0.421. The smallest absolute Gasteiger partial charge is 0.298 e. The van der Waals surface area contributed by atoms with E-state index >= 15 is 0 Å². The molecule has 0 fully saturated rings. The second-order valence-electron chi connectivity index (χ2n) is 6.35. The van der Waals surface area contributed by atoms with Gasteiger partial charge in [-0.1, -0.05) is 11.3 Å². The molecule has 6 nitrogen and oxygen atoms in total. The summed E-state index contributed by atoms with van der Waals surface area (Å²) in [6, 6.07) is 4.32. The Morgan fingerprint density at radius 3 is 2.62 bits per heavy atom. The Morgan fingerprint density at radius 1 is 1.23 bits per heavy atom. The number of amides is 1. The number of fused-ring (bicyclic) bond motifs is 1. The third-order valence-corrected chi connectivity index (χ3v) is 5.52. The lowest BCUT2D eigenvalue weighted by Crippen LogP contribution is -2.20. The SMILES string of the molecule is CCOCCn1c(=NC(=O)c2c(C)cnn2C)sc2cc(C)c(C)cc21. The highest BCUT2D eigenvalue weighted by Gasteiger charge is 2.15. The number of hydrogen-bond donors (Lipinski definition) is 0. The zero-order valence-corrected chi connectivity index (χ0v) is 16.7. The number of thiazole rings is 1. The Bertz CT molecular complexity index is 1010. The number of nitrogens with zero attached hydrogens (tertiary/aromatic N) is 4. The first-order chi connectivity index (χ1) is 12.4. The van der Waals surface area contributed by atoms with Crippen LogP contribution in [0.1, 0.15) is 34.1 Å². The van der Waals surface area contributed by atoms with Crippen LogP contribution in [0.5, 0.6) is 0 Å². The summed E-state index contributed by atoms with van der Waals surface area (Å²) in [5.74, 6) is -0.271. The highest BCUT2D eigenvalue weighted by molar-refractivity contribution is 7.16. The fourth-order valence-electron chi connectivity index (χ4n) is 2.92. The first kappa shape index (κ1) is 18.5. The standard InChI is InChI=1S/C19H24N4O2S/c1-6-25-8-7-23-15-9-12(2)13(3)10-16(15)26-19(23)21-18(24)17-14(4)11-20-22(17)5/h9-11H,6-8H2,1-5H3. The maximum atomic E-state index is 12.7. The quantitative estimate of drug-likeness (QED) is 0.647. The molecule has 3 aromatic rings. The first-order valence-electron chi connectivity index (χ1n) is 8.68. The molecule has 0 radical (unpaired) electrons. The number of carbonyl (C=O) groups is 1. The molecule has 0 saturated carbocycles. The second-order valence-corrected chi connectivity index (χ2v) is 7.36. The molecule has 1 aromatic carbocycles. The van der Waals surface area contributed by atoms with Crippen LogP contribution in [-0.2, 0) is 18.3 Å². The van der Waals surface area contributed by atoms with Crippen molar-refractivity contribution < 1.29 is 9.53 Å². The third-order valence-electron chi connectivity index (χ3n) is 4.48. The molecular formula is C19H24N4O2S. The monoisotopic (exact) mass is 372 g/mol. The molecule has 0 unspecified atom stereocenters. The summed E-state index contributed by atoms with van der Waals surface area (Å²) in [7, 11) is 1.76. The van der Waals surface area contributed by atoms with Gasteiger partial charge in [0.2, 0.25) is 0 Å². The highest BCUT2D eigenvalue weighted by atomic mass is 32.1. The Morgan fingerprint density at radius 2 is 1.96 bits per heavy atom. The lowest BCUT2D eigenvalue weighted by molar-refractivity contribution is 0.0987. The summed E-state index contributed by atoms with van der Waals surface area (Å²) in [4.78, 5) is 17.9. The van der Waals surface area contributed by atoms with Gasteiger partial charge < -0.3 is 9.30 Å². The molecule has 0 N–H and O–H groups in total. The summed E-state index contributed by atoms with van der Waals surface area (Å²) in [6.45, 7) is 9.95. The van der Waals surface area contributed by atoms with Gasteiger partial charge in [0.05, 0.1) is 23.0 Å². The molecule has 0 aliphatic carbocycles. The van der Waals surface area contributed by atoms with E-state index in [0.717, 1.165) is 15.8 Å². The Balaban J connectivity index is 2.14. The van der Waals surface area contributed by atoms with Crippen LogP contribution in [0.4, 0.5) is 0 Å². The number of rotatable bonds is 5. The van der Waals surface area contributed by atoms with E-state index in [0.29, 0.717) is 30.3 Å². The fourth-order valence-corrected chi connectivity index (χ4v) is 4.05. The maximum absolute atomic E-state index is 12.7. The number of ether oxygens (including phenoxy) is 1. The number of aromatic nitrogens is 3. The van der Waals surface area contributed by atoms with E-state index in [1.807, 2.05) is 13.8 Å². The molecule has 26 heavy (non-hydrogen) atoms. The maximum Gasteiger partial charge on any atom is 0.298 e. The molecule has 0 aliphatic heterocycles. The number of aryl methyl sites for hydroxylation is 4. The molecule has 0 saturated heterocycles. The Labute approximate surface area is 156 Å². The number of benzene rings is 1. The van der Waals surface area contributed by atoms with E-state index in [1.54, 1.807) is 17.9 Å². The van der Waals surface area contributed by atoms with Crippen molar-refractivity contribution in [2.75, 3.05) is 13.2 Å². The summed E-state index contributed by atoms with van der Waals surface area (Å²) in [5, 5.41) is 4.14. The average Bonchev–Trinajstić information content (AvgIpc) is 3.08. The molecule has 1 amide bonds. The largest absolute Gasteiger partial charge is 0.380 e. The highest BCUT2D eigenvalue weighted by Crippen LogP contribution is 2.22. The van der Waals surface area contributed by atoms with Crippen molar-refractivity contribution in [3.05, 3.63) is 45.5 Å². The zero-order valence-electron chi connectivity index (χ0n) is 15.9. The normalized spacial score (nSPS) is 12.3. The van der Waals surface area contributed by atoms with Gasteiger partial charge in [-0.3, -0.25) is 9.48 Å². The van der Waals surface area contributed by atoms with Crippen LogP contribution in [0.15, 0.2) is 23.3 Å². The van der Waals surface area contributed by atoms with Gasteiger partial charge in [0.25, 0.3) is 5.91 Å². The van der Waals surface area contributed by atoms with Gasteiger partial charge in [-0.15, -0.1) is 0 Å². The van der Waals surface area contributed by atoms with E-state index in [4.69, 9.17) is 4.74 Å². The van der Waals surface area contributed by atoms with E-state index < -0.39 is 0 Å². The predicted molar refractivity (Wildman–Crippen MR) is 104 cm³/mol. The topological polar surface area (TPSA) is 61.4 Å². The molecule has 0 spiro atoms. The molecule has 2 heterocycles. The van der Waals surface area contributed by atoms with Gasteiger partial charge >= 0.3 is 0 Å². The van der Waals surface area contributed by atoms with Crippen molar-refractivity contribution in [2.45, 2.75) is 34.2 Å². The summed E-state index contributed by atoms with van der Waals surface area (Å²) < 4.78 is 10.3. The van der Waals surface area contributed by atoms with Crippen molar-refractivity contribution in [1.82, 2.24) is 14.3 Å². The van der Waals surface area contributed by atoms with Crippen molar-refractivity contribution in [1.29, 1.82) is 0 Å². The minimum absolute atomic E-state index is 0.271. The van der Waals surface area contributed by atoms with Crippen LogP contribution in [0.2, 0.25) is 0 Å². The van der Waals surface area contributed by atoms with Crippen molar-refractivity contribution >= 4 is 27.5 Å². The molecule has 7 heteroatoms. The first-order valence-corrected chi connectivity index (χ1v) is 9.50. The predicted octanol–water partition coefficient (Wildman–Crippen LogP) is 3.14. The molecule has 0 aliphatic rings. The number of hydrogen-bond acceptors (Lipinski definition) is 4. The van der Waals surface area contributed by atoms with Crippen molar-refractivity contribution in [3.8, 4) is 0 Å². The summed E-state index contributed by atoms with van der Waals surface area (Å²) in [6.07, 6.45) is 1.68. The lowest BCUT2D eigenvalue weighted by Gasteiger charge is -2.07. The van der Waals surface area contributed by atoms with Crippen LogP contribution in [0, 0.1) is 20.8 Å². The molecule has 0 atom stereocenters. The molecule has 3 rings (SSSR count). The van der Waals surface area contributed by atoms with Crippen LogP contribution in [0.3, 0.4) is 0 Å². The van der Waals surface area contributed by atoms with E-state index in [9.17, 15) is 4.79 Å². The minimum atomic E-state index is -0.271. The molecular weight excluding hydrogens is 348 g/mol. The van der Waals surface area contributed by atoms with E-state index in [2.05, 4.69) is 40.6 Å². The van der Waals surface area contributed by atoms with E-state index in [-0.39, 0.29) is 5.91 Å². The lowest BCUT2D eigenvalue weighted by atomic mass is 10.1. The third kappa shape index (κ3) is 3.50. The van der Waals surface area contributed by atoms with Gasteiger partial charge in [-0.2, -0.15) is 10.1 Å².